The van der Waals surface area contributed by atoms with Crippen LogP contribution in [0.15, 0.2) is 65.1 Å². The Morgan fingerprint density at radius 3 is 2.29 bits per heavy atom. The Morgan fingerprint density at radius 1 is 1.04 bits per heavy atom. The summed E-state index contributed by atoms with van der Waals surface area (Å²) in [5, 5.41) is 11.2. The second kappa shape index (κ2) is 8.06. The SMILES string of the molecule is C[C@@H](OC(=O)c1ccc(-c2ccc([N+](=O)[O-])cc2)o1)C(=O)c1ccc(Cl)cc1. The summed E-state index contributed by atoms with van der Waals surface area (Å²) in [6.07, 6.45) is -1.01. The van der Waals surface area contributed by atoms with E-state index in [1.807, 2.05) is 0 Å². The molecule has 0 fully saturated rings. The summed E-state index contributed by atoms with van der Waals surface area (Å²) in [5.41, 5.74) is 0.884. The highest BCUT2D eigenvalue weighted by Gasteiger charge is 2.22. The lowest BCUT2D eigenvalue weighted by Gasteiger charge is -2.11. The van der Waals surface area contributed by atoms with Crippen molar-refractivity contribution in [3.8, 4) is 11.3 Å². The molecular formula is C20H14ClNO6. The molecule has 1 atom stereocenters. The standard InChI is InChI=1S/C20H14ClNO6/c1-12(19(23)14-2-6-15(21)7-3-14)27-20(24)18-11-10-17(28-18)13-4-8-16(9-5-13)22(25)26/h2-12H,1H3/t12-/m1/s1. The summed E-state index contributed by atoms with van der Waals surface area (Å²) < 4.78 is 10.6. The van der Waals surface area contributed by atoms with Crippen LogP contribution in [0, 0.1) is 10.1 Å². The molecule has 0 aliphatic rings. The first-order valence-corrected chi connectivity index (χ1v) is 8.58. The van der Waals surface area contributed by atoms with E-state index in [0.29, 0.717) is 21.9 Å². The molecule has 142 valence electrons. The topological polar surface area (TPSA) is 99.7 Å². The number of halogens is 1. The number of hydrogen-bond acceptors (Lipinski definition) is 6. The number of furan rings is 1. The average Bonchev–Trinajstić information content (AvgIpc) is 3.18. The van der Waals surface area contributed by atoms with Crippen molar-refractivity contribution in [2.45, 2.75) is 13.0 Å². The summed E-state index contributed by atoms with van der Waals surface area (Å²) in [5.74, 6) is -0.891. The van der Waals surface area contributed by atoms with Gasteiger partial charge < -0.3 is 9.15 Å². The number of rotatable bonds is 6. The second-order valence-corrected chi connectivity index (χ2v) is 6.32. The van der Waals surface area contributed by atoms with Crippen molar-refractivity contribution in [3.63, 3.8) is 0 Å². The highest BCUT2D eigenvalue weighted by atomic mass is 35.5. The van der Waals surface area contributed by atoms with Gasteiger partial charge in [-0.1, -0.05) is 11.6 Å². The van der Waals surface area contributed by atoms with E-state index in [2.05, 4.69) is 0 Å². The predicted octanol–water partition coefficient (Wildman–Crippen LogP) is 4.94. The lowest BCUT2D eigenvalue weighted by molar-refractivity contribution is -0.384. The van der Waals surface area contributed by atoms with Gasteiger partial charge in [-0.15, -0.1) is 0 Å². The fraction of sp³-hybridized carbons (Fsp3) is 0.100. The first-order chi connectivity index (χ1) is 13.3. The van der Waals surface area contributed by atoms with Gasteiger partial charge in [-0.25, -0.2) is 4.79 Å². The summed E-state index contributed by atoms with van der Waals surface area (Å²) in [4.78, 5) is 34.8. The molecule has 0 amide bonds. The van der Waals surface area contributed by atoms with E-state index in [1.54, 1.807) is 30.3 Å². The van der Waals surface area contributed by atoms with Crippen LogP contribution < -0.4 is 0 Å². The molecule has 28 heavy (non-hydrogen) atoms. The van der Waals surface area contributed by atoms with Crippen LogP contribution in [-0.2, 0) is 4.74 Å². The van der Waals surface area contributed by atoms with Crippen molar-refractivity contribution < 1.29 is 23.7 Å². The molecule has 0 aliphatic heterocycles. The molecule has 2 aromatic carbocycles. The number of esters is 1. The first kappa shape index (κ1) is 19.3. The van der Waals surface area contributed by atoms with Gasteiger partial charge in [0.2, 0.25) is 11.5 Å². The van der Waals surface area contributed by atoms with Crippen LogP contribution in [0.2, 0.25) is 5.02 Å². The largest absolute Gasteiger partial charge is 0.449 e. The average molecular weight is 400 g/mol. The maximum atomic E-state index is 12.3. The number of ether oxygens (including phenoxy) is 1. The second-order valence-electron chi connectivity index (χ2n) is 5.89. The van der Waals surface area contributed by atoms with Crippen LogP contribution >= 0.6 is 11.6 Å². The van der Waals surface area contributed by atoms with E-state index in [-0.39, 0.29) is 17.2 Å². The zero-order chi connectivity index (χ0) is 20.3. The molecule has 7 nitrogen and oxygen atoms in total. The molecule has 0 N–H and O–H groups in total. The number of nitro groups is 1. The molecule has 0 spiro atoms. The van der Waals surface area contributed by atoms with E-state index in [9.17, 15) is 19.7 Å². The number of benzene rings is 2. The van der Waals surface area contributed by atoms with Crippen LogP contribution in [-0.4, -0.2) is 22.8 Å². The Hall–Kier alpha value is -3.45. The fourth-order valence-corrected chi connectivity index (χ4v) is 2.60. The van der Waals surface area contributed by atoms with E-state index < -0.39 is 17.0 Å². The molecule has 3 rings (SSSR count). The van der Waals surface area contributed by atoms with Crippen molar-refractivity contribution in [1.29, 1.82) is 0 Å². The monoisotopic (exact) mass is 399 g/mol. The van der Waals surface area contributed by atoms with Gasteiger partial charge in [-0.2, -0.15) is 0 Å². The maximum absolute atomic E-state index is 12.3. The number of nitro benzene ring substituents is 1. The lowest BCUT2D eigenvalue weighted by Crippen LogP contribution is -2.24. The minimum Gasteiger partial charge on any atom is -0.449 e. The Bertz CT molecular complexity index is 1020. The van der Waals surface area contributed by atoms with Crippen LogP contribution in [0.5, 0.6) is 0 Å². The summed E-state index contributed by atoms with van der Waals surface area (Å²) in [7, 11) is 0. The zero-order valence-electron chi connectivity index (χ0n) is 14.6. The molecule has 1 heterocycles. The van der Waals surface area contributed by atoms with Gasteiger partial charge in [0.15, 0.2) is 6.10 Å². The third-order valence-electron chi connectivity index (χ3n) is 3.95. The van der Waals surface area contributed by atoms with Crippen molar-refractivity contribution in [3.05, 3.63) is 87.1 Å². The first-order valence-electron chi connectivity index (χ1n) is 8.20. The number of carbonyl (C=O) groups is 2. The molecule has 0 unspecified atom stereocenters. The maximum Gasteiger partial charge on any atom is 0.374 e. The Kier molecular flexibility index (Phi) is 5.56. The Morgan fingerprint density at radius 2 is 1.68 bits per heavy atom. The number of hydrogen-bond donors (Lipinski definition) is 0. The van der Waals surface area contributed by atoms with Gasteiger partial charge in [0.1, 0.15) is 5.76 Å². The van der Waals surface area contributed by atoms with E-state index >= 15 is 0 Å². The van der Waals surface area contributed by atoms with Crippen LogP contribution in [0.3, 0.4) is 0 Å². The highest BCUT2D eigenvalue weighted by molar-refractivity contribution is 6.30. The third-order valence-corrected chi connectivity index (χ3v) is 4.20. The Labute approximate surface area is 164 Å². The third kappa shape index (κ3) is 4.27. The van der Waals surface area contributed by atoms with Crippen molar-refractivity contribution >= 4 is 29.0 Å². The van der Waals surface area contributed by atoms with Crippen LogP contribution in [0.4, 0.5) is 5.69 Å². The van der Waals surface area contributed by atoms with Gasteiger partial charge in [0, 0.05) is 28.3 Å². The van der Waals surface area contributed by atoms with Gasteiger partial charge in [-0.05, 0) is 55.5 Å². The lowest BCUT2D eigenvalue weighted by atomic mass is 10.1. The number of carbonyl (C=O) groups excluding carboxylic acids is 2. The van der Waals surface area contributed by atoms with E-state index in [1.165, 1.54) is 37.3 Å². The minimum absolute atomic E-state index is 0.0514. The van der Waals surface area contributed by atoms with Crippen LogP contribution in [0.1, 0.15) is 27.8 Å². The number of nitrogens with zero attached hydrogens (tertiary/aromatic N) is 1. The van der Waals surface area contributed by atoms with E-state index in [0.717, 1.165) is 0 Å². The summed E-state index contributed by atoms with van der Waals surface area (Å²) in [6, 6.07) is 14.9. The van der Waals surface area contributed by atoms with E-state index in [4.69, 9.17) is 20.8 Å². The number of Topliss-reactive ketones (excluding diaryl/α,β-unsaturated/α-hetero) is 1. The smallest absolute Gasteiger partial charge is 0.374 e. The molecule has 1 aromatic heterocycles. The number of ketones is 1. The molecule has 0 bridgehead atoms. The normalized spacial score (nSPS) is 11.6. The summed E-state index contributed by atoms with van der Waals surface area (Å²) in [6.45, 7) is 1.47. The van der Waals surface area contributed by atoms with Crippen molar-refractivity contribution in [1.82, 2.24) is 0 Å². The molecule has 8 heteroatoms. The molecule has 0 aliphatic carbocycles. The molecule has 0 saturated carbocycles. The molecule has 3 aromatic rings. The zero-order valence-corrected chi connectivity index (χ0v) is 15.4. The van der Waals surface area contributed by atoms with Gasteiger partial charge in [0.05, 0.1) is 4.92 Å². The quantitative estimate of drug-likeness (QED) is 0.252. The van der Waals surface area contributed by atoms with Gasteiger partial charge >= 0.3 is 5.97 Å². The minimum atomic E-state index is -1.01. The van der Waals surface area contributed by atoms with Gasteiger partial charge in [0.25, 0.3) is 5.69 Å². The van der Waals surface area contributed by atoms with Crippen molar-refractivity contribution in [2.75, 3.05) is 0 Å². The predicted molar refractivity (Wildman–Crippen MR) is 101 cm³/mol. The molecule has 0 radical (unpaired) electrons. The molecular weight excluding hydrogens is 386 g/mol. The molecule has 0 saturated heterocycles. The van der Waals surface area contributed by atoms with Crippen LogP contribution in [0.25, 0.3) is 11.3 Å². The van der Waals surface area contributed by atoms with Crippen molar-refractivity contribution in [2.24, 2.45) is 0 Å². The van der Waals surface area contributed by atoms with Gasteiger partial charge in [-0.3, -0.25) is 14.9 Å². The summed E-state index contributed by atoms with van der Waals surface area (Å²) >= 11 is 5.79. The Balaban J connectivity index is 1.69. The fourth-order valence-electron chi connectivity index (χ4n) is 2.47. The number of non-ortho nitro benzene ring substituents is 1. The highest BCUT2D eigenvalue weighted by Crippen LogP contribution is 2.25.